The lowest BCUT2D eigenvalue weighted by Gasteiger charge is -2.38. The summed E-state index contributed by atoms with van der Waals surface area (Å²) in [5, 5.41) is 7.82. The number of nitrogens with zero attached hydrogens (tertiary/aromatic N) is 8. The number of rotatable bonds is 5. The minimum Gasteiger partial charge on any atom is -0.353 e. The zero-order valence-electron chi connectivity index (χ0n) is 18.2. The number of allylic oxidation sites excluding steroid dienone is 1. The van der Waals surface area contributed by atoms with E-state index in [-0.39, 0.29) is 24.5 Å². The molecule has 0 saturated carbocycles. The number of piperazine rings is 1. The summed E-state index contributed by atoms with van der Waals surface area (Å²) in [6.07, 6.45) is 2.25. The maximum Gasteiger partial charge on any atom is 0.434 e. The number of nitrogens with one attached hydrogen (secondary N) is 1. The summed E-state index contributed by atoms with van der Waals surface area (Å²) in [5.74, 6) is 0.914. The van der Waals surface area contributed by atoms with Gasteiger partial charge in [0.1, 0.15) is 11.5 Å². The third-order valence-electron chi connectivity index (χ3n) is 5.39. The van der Waals surface area contributed by atoms with Crippen molar-refractivity contribution in [3.8, 4) is 0 Å². The second-order valence-electron chi connectivity index (χ2n) is 7.82. The SMILES string of the molecule is C=N/C=C(/c1nccc(N2CC(C)NC(c3ccnn3C)C2)n1)N1C=C(C(F)(F)F)N=CC1. The van der Waals surface area contributed by atoms with Crippen molar-refractivity contribution >= 4 is 24.4 Å². The smallest absolute Gasteiger partial charge is 0.353 e. The lowest BCUT2D eigenvalue weighted by molar-refractivity contribution is -0.0934. The minimum atomic E-state index is -4.57. The molecule has 1 fully saturated rings. The Bertz CT molecular complexity index is 1100. The summed E-state index contributed by atoms with van der Waals surface area (Å²) in [5.41, 5.74) is 0.343. The number of halogens is 3. The molecule has 2 aromatic rings. The fourth-order valence-corrected chi connectivity index (χ4v) is 3.94. The predicted molar refractivity (Wildman–Crippen MR) is 120 cm³/mol. The van der Waals surface area contributed by atoms with E-state index in [9.17, 15) is 13.2 Å². The van der Waals surface area contributed by atoms with Crippen LogP contribution in [0.15, 0.2) is 52.6 Å². The van der Waals surface area contributed by atoms with Crippen LogP contribution in [0.2, 0.25) is 0 Å². The monoisotopic (exact) mass is 459 g/mol. The Hall–Kier alpha value is -3.54. The second-order valence-corrected chi connectivity index (χ2v) is 7.82. The maximum absolute atomic E-state index is 13.2. The van der Waals surface area contributed by atoms with Crippen LogP contribution in [-0.4, -0.2) is 69.4 Å². The van der Waals surface area contributed by atoms with Crippen molar-refractivity contribution in [3.05, 3.63) is 54.1 Å². The van der Waals surface area contributed by atoms with Gasteiger partial charge in [-0.3, -0.25) is 14.7 Å². The first kappa shape index (κ1) is 22.6. The van der Waals surface area contributed by atoms with Crippen LogP contribution in [0.3, 0.4) is 0 Å². The second kappa shape index (κ2) is 9.14. The molecule has 9 nitrogen and oxygen atoms in total. The Kier molecular flexibility index (Phi) is 6.27. The molecule has 4 rings (SSSR count). The number of aryl methyl sites for hydroxylation is 1. The molecule has 1 saturated heterocycles. The largest absolute Gasteiger partial charge is 0.434 e. The Labute approximate surface area is 189 Å². The minimum absolute atomic E-state index is 0.0418. The van der Waals surface area contributed by atoms with Crippen molar-refractivity contribution in [1.29, 1.82) is 0 Å². The zero-order chi connectivity index (χ0) is 23.6. The van der Waals surface area contributed by atoms with Crippen molar-refractivity contribution in [2.75, 3.05) is 24.5 Å². The summed E-state index contributed by atoms with van der Waals surface area (Å²) in [6.45, 7) is 7.01. The molecule has 2 aliphatic rings. The number of aromatic nitrogens is 4. The molecule has 0 aromatic carbocycles. The molecule has 4 heterocycles. The third-order valence-corrected chi connectivity index (χ3v) is 5.39. The van der Waals surface area contributed by atoms with E-state index in [1.807, 2.05) is 17.8 Å². The van der Waals surface area contributed by atoms with Gasteiger partial charge in [0.25, 0.3) is 0 Å². The molecule has 33 heavy (non-hydrogen) atoms. The van der Waals surface area contributed by atoms with Crippen LogP contribution in [0.5, 0.6) is 0 Å². The Morgan fingerprint density at radius 3 is 2.79 bits per heavy atom. The summed E-state index contributed by atoms with van der Waals surface area (Å²) in [7, 11) is 1.90. The molecule has 2 unspecified atom stereocenters. The fourth-order valence-electron chi connectivity index (χ4n) is 3.94. The van der Waals surface area contributed by atoms with E-state index in [0.29, 0.717) is 24.6 Å². The van der Waals surface area contributed by atoms with Gasteiger partial charge in [-0.15, -0.1) is 0 Å². The highest BCUT2D eigenvalue weighted by atomic mass is 19.4. The molecule has 0 bridgehead atoms. The van der Waals surface area contributed by atoms with Gasteiger partial charge in [0, 0.05) is 51.0 Å². The van der Waals surface area contributed by atoms with Gasteiger partial charge in [0.2, 0.25) is 0 Å². The summed E-state index contributed by atoms with van der Waals surface area (Å²) < 4.78 is 41.4. The van der Waals surface area contributed by atoms with Crippen LogP contribution in [0.25, 0.3) is 5.70 Å². The average molecular weight is 459 g/mol. The molecule has 0 aliphatic carbocycles. The normalized spacial score (nSPS) is 21.8. The van der Waals surface area contributed by atoms with Crippen molar-refractivity contribution in [2.45, 2.75) is 25.2 Å². The van der Waals surface area contributed by atoms with Gasteiger partial charge in [0.05, 0.1) is 24.5 Å². The lowest BCUT2D eigenvalue weighted by Crippen LogP contribution is -2.51. The van der Waals surface area contributed by atoms with E-state index in [1.54, 1.807) is 18.5 Å². The van der Waals surface area contributed by atoms with Gasteiger partial charge in [-0.1, -0.05) is 0 Å². The standard InChI is InChI=1S/C21H24F3N9/c1-14-11-33(12-15(29-14)16-4-7-28-31(16)3)19-5-6-27-20(30-19)17(10-25-2)32-9-8-26-18(13-32)21(22,23)24/h4-8,10,13-15,29H,2,9,11-12H2,1,3H3/b17-10-. The van der Waals surface area contributed by atoms with Crippen LogP contribution in [0.1, 0.15) is 24.5 Å². The Balaban J connectivity index is 1.63. The van der Waals surface area contributed by atoms with Gasteiger partial charge >= 0.3 is 6.18 Å². The van der Waals surface area contributed by atoms with Crippen LogP contribution < -0.4 is 10.2 Å². The first-order chi connectivity index (χ1) is 15.8. The molecule has 2 atom stereocenters. The van der Waals surface area contributed by atoms with E-state index >= 15 is 0 Å². The highest BCUT2D eigenvalue weighted by molar-refractivity contribution is 5.70. The maximum atomic E-state index is 13.2. The molecule has 1 N–H and O–H groups in total. The summed E-state index contributed by atoms with van der Waals surface area (Å²) >= 11 is 0. The number of hydrogen-bond donors (Lipinski definition) is 1. The average Bonchev–Trinajstić information content (AvgIpc) is 3.22. The van der Waals surface area contributed by atoms with Gasteiger partial charge in [-0.05, 0) is 25.8 Å². The molecule has 2 aromatic heterocycles. The fraction of sp³-hybridized carbons (Fsp3) is 0.381. The van der Waals surface area contributed by atoms with Gasteiger partial charge < -0.3 is 15.1 Å². The van der Waals surface area contributed by atoms with Gasteiger partial charge in [-0.25, -0.2) is 9.97 Å². The molecule has 12 heteroatoms. The van der Waals surface area contributed by atoms with E-state index in [2.05, 4.69) is 48.9 Å². The molecular weight excluding hydrogens is 435 g/mol. The Morgan fingerprint density at radius 1 is 1.27 bits per heavy atom. The van der Waals surface area contributed by atoms with Crippen molar-refractivity contribution < 1.29 is 13.2 Å². The first-order valence-electron chi connectivity index (χ1n) is 10.3. The quantitative estimate of drug-likeness (QED) is 0.692. The van der Waals surface area contributed by atoms with Crippen LogP contribution in [-0.2, 0) is 7.05 Å². The summed E-state index contributed by atoms with van der Waals surface area (Å²) in [6, 6.07) is 3.98. The predicted octanol–water partition coefficient (Wildman–Crippen LogP) is 2.54. The number of alkyl halides is 3. The van der Waals surface area contributed by atoms with Gasteiger partial charge in [0.15, 0.2) is 11.5 Å². The molecule has 0 spiro atoms. The molecule has 2 aliphatic heterocycles. The van der Waals surface area contributed by atoms with Crippen LogP contribution in [0.4, 0.5) is 19.0 Å². The molecule has 174 valence electrons. The highest BCUT2D eigenvalue weighted by Gasteiger charge is 2.36. The van der Waals surface area contributed by atoms with E-state index in [4.69, 9.17) is 0 Å². The molecule has 0 radical (unpaired) electrons. The van der Waals surface area contributed by atoms with E-state index in [0.717, 1.165) is 11.9 Å². The number of anilines is 1. The summed E-state index contributed by atoms with van der Waals surface area (Å²) in [4.78, 5) is 19.7. The van der Waals surface area contributed by atoms with E-state index < -0.39 is 11.9 Å². The number of aliphatic imine (C=N–C) groups is 2. The van der Waals surface area contributed by atoms with Gasteiger partial charge in [-0.2, -0.15) is 18.3 Å². The van der Waals surface area contributed by atoms with E-state index in [1.165, 1.54) is 17.3 Å². The van der Waals surface area contributed by atoms with Crippen LogP contribution in [0, 0.1) is 0 Å². The lowest BCUT2D eigenvalue weighted by atomic mass is 10.1. The topological polar surface area (TPSA) is 86.8 Å². The number of hydrogen-bond acceptors (Lipinski definition) is 8. The zero-order valence-corrected chi connectivity index (χ0v) is 18.2. The van der Waals surface area contributed by atoms with Crippen molar-refractivity contribution in [2.24, 2.45) is 17.0 Å². The van der Waals surface area contributed by atoms with Crippen molar-refractivity contribution in [3.63, 3.8) is 0 Å². The molecule has 0 amide bonds. The third kappa shape index (κ3) is 4.95. The first-order valence-corrected chi connectivity index (χ1v) is 10.3. The highest BCUT2D eigenvalue weighted by Crippen LogP contribution is 2.31. The molecular formula is C21H24F3N9. The van der Waals surface area contributed by atoms with Crippen LogP contribution >= 0.6 is 0 Å². The Morgan fingerprint density at radius 2 is 2.09 bits per heavy atom. The van der Waals surface area contributed by atoms with Crippen molar-refractivity contribution in [1.82, 2.24) is 30.0 Å².